The van der Waals surface area contributed by atoms with Crippen LogP contribution in [0.2, 0.25) is 5.02 Å². The molecule has 0 radical (unpaired) electrons. The summed E-state index contributed by atoms with van der Waals surface area (Å²) < 4.78 is 22.5. The summed E-state index contributed by atoms with van der Waals surface area (Å²) in [6, 6.07) is 21.3. The molecule has 5 rings (SSSR count). The van der Waals surface area contributed by atoms with Gasteiger partial charge in [0.05, 0.1) is 33.1 Å². The van der Waals surface area contributed by atoms with Crippen molar-refractivity contribution < 1.29 is 28.5 Å². The lowest BCUT2D eigenvalue weighted by Crippen LogP contribution is -2.19. The van der Waals surface area contributed by atoms with Crippen molar-refractivity contribution in [1.29, 1.82) is 0 Å². The number of methoxy groups -OCH3 is 3. The van der Waals surface area contributed by atoms with E-state index in [-0.39, 0.29) is 11.3 Å². The first-order valence-electron chi connectivity index (χ1n) is 13.8. The molecule has 0 spiro atoms. The van der Waals surface area contributed by atoms with Crippen molar-refractivity contribution in [2.45, 2.75) is 13.3 Å². The summed E-state index contributed by atoms with van der Waals surface area (Å²) >= 11 is 10.0. The van der Waals surface area contributed by atoms with E-state index in [9.17, 15) is 9.59 Å². The first-order chi connectivity index (χ1) is 21.8. The third-order valence-electron chi connectivity index (χ3n) is 7.12. The highest BCUT2D eigenvalue weighted by atomic mass is 79.9. The highest BCUT2D eigenvalue weighted by molar-refractivity contribution is 9.10. The van der Waals surface area contributed by atoms with Crippen LogP contribution in [0.25, 0.3) is 22.0 Å². The third-order valence-corrected chi connectivity index (χ3v) is 7.94. The number of amides is 1. The second kappa shape index (κ2) is 13.9. The van der Waals surface area contributed by atoms with Gasteiger partial charge in [0.1, 0.15) is 11.4 Å². The number of ether oxygens (including phenoxy) is 4. The molecular formula is C34H29BrClN3O6. The van der Waals surface area contributed by atoms with E-state index < -0.39 is 11.9 Å². The predicted octanol–water partition coefficient (Wildman–Crippen LogP) is 7.82. The highest BCUT2D eigenvalue weighted by Crippen LogP contribution is 2.39. The number of hydrogen-bond donors (Lipinski definition) is 2. The Morgan fingerprint density at radius 1 is 0.933 bits per heavy atom. The van der Waals surface area contributed by atoms with Crippen LogP contribution in [0.15, 0.2) is 82.4 Å². The van der Waals surface area contributed by atoms with E-state index >= 15 is 0 Å². The van der Waals surface area contributed by atoms with Gasteiger partial charge in [0.2, 0.25) is 5.75 Å². The van der Waals surface area contributed by atoms with Crippen molar-refractivity contribution in [2.24, 2.45) is 5.10 Å². The summed E-state index contributed by atoms with van der Waals surface area (Å²) in [5.41, 5.74) is 6.86. The molecule has 4 aromatic carbocycles. The predicted molar refractivity (Wildman–Crippen MR) is 178 cm³/mol. The van der Waals surface area contributed by atoms with Gasteiger partial charge in [-0.2, -0.15) is 5.10 Å². The van der Waals surface area contributed by atoms with Crippen LogP contribution < -0.4 is 24.4 Å². The molecule has 0 fully saturated rings. The number of para-hydroxylation sites is 1. The number of benzene rings is 4. The molecule has 2 N–H and O–H groups in total. The Bertz CT molecular complexity index is 1910. The number of esters is 1. The van der Waals surface area contributed by atoms with Crippen molar-refractivity contribution in [3.05, 3.63) is 105 Å². The van der Waals surface area contributed by atoms with E-state index in [0.717, 1.165) is 28.5 Å². The number of carbonyl (C=O) groups excluding carboxylic acids is 2. The van der Waals surface area contributed by atoms with Crippen LogP contribution in [0.1, 0.15) is 38.9 Å². The zero-order valence-electron chi connectivity index (χ0n) is 24.9. The third kappa shape index (κ3) is 6.52. The molecule has 1 aromatic heterocycles. The molecule has 0 aliphatic carbocycles. The summed E-state index contributed by atoms with van der Waals surface area (Å²) in [7, 11) is 4.39. The van der Waals surface area contributed by atoms with Crippen molar-refractivity contribution in [3.8, 4) is 34.1 Å². The van der Waals surface area contributed by atoms with Gasteiger partial charge in [-0.15, -0.1) is 0 Å². The molecule has 9 nitrogen and oxygen atoms in total. The number of nitrogens with zero attached hydrogens (tertiary/aromatic N) is 1. The fourth-order valence-electron chi connectivity index (χ4n) is 4.97. The van der Waals surface area contributed by atoms with Crippen LogP contribution in [-0.2, 0) is 6.42 Å². The number of hydrazone groups is 1. The zero-order valence-corrected chi connectivity index (χ0v) is 27.2. The Hall–Kier alpha value is -4.80. The summed E-state index contributed by atoms with van der Waals surface area (Å²) in [6.45, 7) is 2.05. The van der Waals surface area contributed by atoms with Crippen LogP contribution >= 0.6 is 27.5 Å². The van der Waals surface area contributed by atoms with Gasteiger partial charge in [-0.1, -0.05) is 70.9 Å². The maximum absolute atomic E-state index is 13.6. The second-order valence-corrected chi connectivity index (χ2v) is 11.1. The Balaban J connectivity index is 1.44. The Kier molecular flexibility index (Phi) is 9.75. The fraction of sp³-hybridized carbons (Fsp3) is 0.147. The Labute approximate surface area is 273 Å². The molecule has 45 heavy (non-hydrogen) atoms. The summed E-state index contributed by atoms with van der Waals surface area (Å²) in [5.74, 6) is 0.0497. The minimum atomic E-state index is -0.663. The quantitative estimate of drug-likeness (QED) is 0.0669. The summed E-state index contributed by atoms with van der Waals surface area (Å²) in [4.78, 5) is 30.0. The number of H-pyrrole nitrogens is 1. The van der Waals surface area contributed by atoms with Gasteiger partial charge in [-0.05, 0) is 48.4 Å². The standard InChI is InChI=1S/C34H29BrClN3O6/c1-5-19-9-8-11-24-29(23-10-6-7-12-25(23)36)31(38-30(19)24)33(40)39-37-18-21-15-22(35)13-14-26(21)45-34(41)20-16-27(42-2)32(44-4)28(17-20)43-3/h6-18,38H,5H2,1-4H3,(H,39,40). The van der Waals surface area contributed by atoms with Gasteiger partial charge in [-0.25, -0.2) is 10.2 Å². The topological polar surface area (TPSA) is 111 Å². The van der Waals surface area contributed by atoms with E-state index in [4.69, 9.17) is 30.5 Å². The molecule has 0 atom stereocenters. The minimum absolute atomic E-state index is 0.181. The largest absolute Gasteiger partial charge is 0.493 e. The fourth-order valence-corrected chi connectivity index (χ4v) is 5.58. The van der Waals surface area contributed by atoms with Gasteiger partial charge in [0.25, 0.3) is 5.91 Å². The summed E-state index contributed by atoms with van der Waals surface area (Å²) in [5, 5.41) is 5.60. The minimum Gasteiger partial charge on any atom is -0.493 e. The number of nitrogens with one attached hydrogen (secondary N) is 2. The monoisotopic (exact) mass is 689 g/mol. The van der Waals surface area contributed by atoms with Crippen LogP contribution in [0.4, 0.5) is 0 Å². The number of carbonyl (C=O) groups is 2. The van der Waals surface area contributed by atoms with Gasteiger partial charge < -0.3 is 23.9 Å². The average Bonchev–Trinajstić information content (AvgIpc) is 3.45. The number of aromatic amines is 1. The number of fused-ring (bicyclic) bond motifs is 1. The van der Waals surface area contributed by atoms with E-state index in [1.54, 1.807) is 24.3 Å². The van der Waals surface area contributed by atoms with Crippen LogP contribution in [0, 0.1) is 0 Å². The number of rotatable bonds is 10. The van der Waals surface area contributed by atoms with Crippen molar-refractivity contribution >= 4 is 56.5 Å². The number of halogens is 2. The lowest BCUT2D eigenvalue weighted by Gasteiger charge is -2.14. The van der Waals surface area contributed by atoms with Gasteiger partial charge in [0, 0.05) is 37.1 Å². The lowest BCUT2D eigenvalue weighted by atomic mass is 9.99. The van der Waals surface area contributed by atoms with Gasteiger partial charge >= 0.3 is 5.97 Å². The van der Waals surface area contributed by atoms with Crippen molar-refractivity contribution in [2.75, 3.05) is 21.3 Å². The highest BCUT2D eigenvalue weighted by Gasteiger charge is 2.22. The second-order valence-electron chi connectivity index (χ2n) is 9.73. The normalized spacial score (nSPS) is 11.1. The number of aromatic nitrogens is 1. The average molecular weight is 691 g/mol. The maximum atomic E-state index is 13.6. The zero-order chi connectivity index (χ0) is 32.1. The van der Waals surface area contributed by atoms with Gasteiger partial charge in [-0.3, -0.25) is 4.79 Å². The molecule has 0 saturated heterocycles. The first kappa shape index (κ1) is 31.6. The van der Waals surface area contributed by atoms with Crippen LogP contribution in [0.5, 0.6) is 23.0 Å². The molecule has 1 amide bonds. The van der Waals surface area contributed by atoms with Crippen molar-refractivity contribution in [1.82, 2.24) is 10.4 Å². The van der Waals surface area contributed by atoms with E-state index in [0.29, 0.717) is 43.6 Å². The number of aryl methyl sites for hydroxylation is 1. The SMILES string of the molecule is CCc1cccc2c(-c3ccccc3Cl)c(C(=O)NN=Cc3cc(Br)ccc3OC(=O)c3cc(OC)c(OC)c(OC)c3)[nH]c12. The number of hydrogen-bond acceptors (Lipinski definition) is 7. The van der Waals surface area contributed by atoms with E-state index in [1.807, 2.05) is 36.4 Å². The molecule has 5 aromatic rings. The lowest BCUT2D eigenvalue weighted by molar-refractivity contribution is 0.0733. The Morgan fingerprint density at radius 2 is 1.67 bits per heavy atom. The maximum Gasteiger partial charge on any atom is 0.343 e. The van der Waals surface area contributed by atoms with Crippen molar-refractivity contribution in [3.63, 3.8) is 0 Å². The first-order valence-corrected chi connectivity index (χ1v) is 15.0. The van der Waals surface area contributed by atoms with Gasteiger partial charge in [0.15, 0.2) is 11.5 Å². The molecule has 11 heteroatoms. The molecule has 0 aliphatic rings. The van der Waals surface area contributed by atoms with E-state index in [2.05, 4.69) is 38.4 Å². The van der Waals surface area contributed by atoms with Crippen LogP contribution in [0.3, 0.4) is 0 Å². The molecule has 0 aliphatic heterocycles. The molecule has 0 saturated carbocycles. The van der Waals surface area contributed by atoms with E-state index in [1.165, 1.54) is 39.7 Å². The molecule has 1 heterocycles. The Morgan fingerprint density at radius 3 is 2.33 bits per heavy atom. The molecule has 0 bridgehead atoms. The molecular weight excluding hydrogens is 662 g/mol. The molecule has 0 unspecified atom stereocenters. The van der Waals surface area contributed by atoms with Crippen LogP contribution in [-0.4, -0.2) is 44.4 Å². The smallest absolute Gasteiger partial charge is 0.343 e. The molecule has 230 valence electrons. The summed E-state index contributed by atoms with van der Waals surface area (Å²) in [6.07, 6.45) is 2.18.